The number of aromatic nitrogens is 2. The zero-order valence-electron chi connectivity index (χ0n) is 8.30. The molecule has 6 heteroatoms. The molecular formula is C9H12N4OS. The van der Waals surface area contributed by atoms with Crippen LogP contribution < -0.4 is 11.1 Å². The lowest BCUT2D eigenvalue weighted by Gasteiger charge is -2.12. The highest BCUT2D eigenvalue weighted by molar-refractivity contribution is 7.80. The van der Waals surface area contributed by atoms with E-state index in [0.717, 1.165) is 0 Å². The summed E-state index contributed by atoms with van der Waals surface area (Å²) in [5.41, 5.74) is 5.44. The number of carbonyl (C=O) groups excluding carboxylic acids is 1. The lowest BCUT2D eigenvalue weighted by atomic mass is 10.1. The molecule has 1 rings (SSSR count). The first kappa shape index (κ1) is 11.5. The van der Waals surface area contributed by atoms with Gasteiger partial charge in [-0.2, -0.15) is 5.10 Å². The standard InChI is InChI=1S/C9H12N4OS/c1-2-6(8(10)15)9(14)12-7-4-3-5-11-13-7/h3-6H,2H2,1H3,(H2,10,15)(H,12,13,14). The summed E-state index contributed by atoms with van der Waals surface area (Å²) in [5, 5.41) is 9.96. The number of nitrogens with zero attached hydrogens (tertiary/aromatic N) is 2. The van der Waals surface area contributed by atoms with Crippen LogP contribution in [0.3, 0.4) is 0 Å². The van der Waals surface area contributed by atoms with Crippen molar-refractivity contribution in [3.63, 3.8) is 0 Å². The Balaban J connectivity index is 2.66. The van der Waals surface area contributed by atoms with E-state index in [-0.39, 0.29) is 10.9 Å². The summed E-state index contributed by atoms with van der Waals surface area (Å²) in [6.07, 6.45) is 2.10. The fourth-order valence-corrected chi connectivity index (χ4v) is 1.37. The lowest BCUT2D eigenvalue weighted by molar-refractivity contribution is -0.118. The normalized spacial score (nSPS) is 11.8. The molecular weight excluding hydrogens is 212 g/mol. The van der Waals surface area contributed by atoms with Gasteiger partial charge in [-0.3, -0.25) is 4.79 Å². The summed E-state index contributed by atoms with van der Waals surface area (Å²) in [6.45, 7) is 1.85. The Morgan fingerprint density at radius 2 is 2.47 bits per heavy atom. The number of rotatable bonds is 4. The Morgan fingerprint density at radius 1 is 1.73 bits per heavy atom. The molecule has 0 saturated heterocycles. The summed E-state index contributed by atoms with van der Waals surface area (Å²) in [4.78, 5) is 11.8. The van der Waals surface area contributed by atoms with E-state index in [9.17, 15) is 4.79 Å². The van der Waals surface area contributed by atoms with Crippen LogP contribution in [0.4, 0.5) is 5.82 Å². The maximum atomic E-state index is 11.6. The predicted molar refractivity (Wildman–Crippen MR) is 61.2 cm³/mol. The minimum atomic E-state index is -0.456. The summed E-state index contributed by atoms with van der Waals surface area (Å²) >= 11 is 4.79. The maximum Gasteiger partial charge on any atom is 0.235 e. The van der Waals surface area contributed by atoms with Crippen LogP contribution in [0, 0.1) is 5.92 Å². The van der Waals surface area contributed by atoms with Crippen molar-refractivity contribution in [3.05, 3.63) is 18.3 Å². The average molecular weight is 224 g/mol. The maximum absolute atomic E-state index is 11.6. The molecule has 0 aliphatic rings. The average Bonchev–Trinajstić information content (AvgIpc) is 2.19. The highest BCUT2D eigenvalue weighted by Crippen LogP contribution is 2.07. The Hall–Kier alpha value is -1.56. The van der Waals surface area contributed by atoms with Gasteiger partial charge in [0.2, 0.25) is 5.91 Å². The molecule has 15 heavy (non-hydrogen) atoms. The van der Waals surface area contributed by atoms with Gasteiger partial charge in [-0.25, -0.2) is 0 Å². The molecule has 1 heterocycles. The van der Waals surface area contributed by atoms with Gasteiger partial charge in [0.25, 0.3) is 0 Å². The lowest BCUT2D eigenvalue weighted by Crippen LogP contribution is -2.32. The third kappa shape index (κ3) is 3.25. The van der Waals surface area contributed by atoms with Gasteiger partial charge < -0.3 is 11.1 Å². The van der Waals surface area contributed by atoms with Crippen LogP contribution in [0.1, 0.15) is 13.3 Å². The van der Waals surface area contributed by atoms with E-state index in [2.05, 4.69) is 15.5 Å². The summed E-state index contributed by atoms with van der Waals surface area (Å²) in [7, 11) is 0. The van der Waals surface area contributed by atoms with Crippen molar-refractivity contribution in [2.75, 3.05) is 5.32 Å². The molecule has 1 aromatic heterocycles. The third-order valence-electron chi connectivity index (χ3n) is 1.89. The first-order valence-corrected chi connectivity index (χ1v) is 4.94. The van der Waals surface area contributed by atoms with Gasteiger partial charge >= 0.3 is 0 Å². The van der Waals surface area contributed by atoms with Gasteiger partial charge in [-0.1, -0.05) is 19.1 Å². The van der Waals surface area contributed by atoms with Crippen molar-refractivity contribution in [2.45, 2.75) is 13.3 Å². The van der Waals surface area contributed by atoms with E-state index in [4.69, 9.17) is 18.0 Å². The van der Waals surface area contributed by atoms with Crippen LogP contribution in [-0.2, 0) is 4.79 Å². The molecule has 0 aromatic carbocycles. The number of nitrogens with two attached hydrogens (primary N) is 1. The Bertz CT molecular complexity index is 354. The highest BCUT2D eigenvalue weighted by atomic mass is 32.1. The molecule has 0 fully saturated rings. The van der Waals surface area contributed by atoms with Gasteiger partial charge in [-0.05, 0) is 18.6 Å². The summed E-state index contributed by atoms with van der Waals surface area (Å²) in [5.74, 6) is -0.301. The minimum Gasteiger partial charge on any atom is -0.393 e. The molecule has 0 radical (unpaired) electrons. The van der Waals surface area contributed by atoms with Crippen molar-refractivity contribution in [1.29, 1.82) is 0 Å². The van der Waals surface area contributed by atoms with Crippen molar-refractivity contribution in [1.82, 2.24) is 10.2 Å². The van der Waals surface area contributed by atoms with E-state index < -0.39 is 5.92 Å². The van der Waals surface area contributed by atoms with Crippen molar-refractivity contribution in [2.24, 2.45) is 11.7 Å². The number of nitrogens with one attached hydrogen (secondary N) is 1. The molecule has 3 N–H and O–H groups in total. The van der Waals surface area contributed by atoms with Crippen LogP contribution in [0.15, 0.2) is 18.3 Å². The fourth-order valence-electron chi connectivity index (χ4n) is 1.10. The van der Waals surface area contributed by atoms with Gasteiger partial charge in [0, 0.05) is 6.20 Å². The molecule has 1 amide bonds. The Labute approximate surface area is 93.1 Å². The number of hydrogen-bond acceptors (Lipinski definition) is 4. The number of thiocarbonyl (C=S) groups is 1. The van der Waals surface area contributed by atoms with E-state index >= 15 is 0 Å². The molecule has 0 spiro atoms. The van der Waals surface area contributed by atoms with Crippen LogP contribution in [0.25, 0.3) is 0 Å². The zero-order valence-corrected chi connectivity index (χ0v) is 9.12. The molecule has 0 bridgehead atoms. The molecule has 0 saturated carbocycles. The van der Waals surface area contributed by atoms with Gasteiger partial charge in [-0.15, -0.1) is 5.10 Å². The topological polar surface area (TPSA) is 80.9 Å². The second kappa shape index (κ2) is 5.35. The van der Waals surface area contributed by atoms with Crippen molar-refractivity contribution >= 4 is 28.9 Å². The minimum absolute atomic E-state index is 0.193. The first-order valence-electron chi connectivity index (χ1n) is 4.53. The van der Waals surface area contributed by atoms with Gasteiger partial charge in [0.05, 0.1) is 10.9 Å². The predicted octanol–water partition coefficient (Wildman–Crippen LogP) is 0.727. The van der Waals surface area contributed by atoms with E-state index in [0.29, 0.717) is 12.2 Å². The van der Waals surface area contributed by atoms with Crippen LogP contribution in [0.2, 0.25) is 0 Å². The molecule has 5 nitrogen and oxygen atoms in total. The van der Waals surface area contributed by atoms with E-state index in [1.807, 2.05) is 6.92 Å². The fraction of sp³-hybridized carbons (Fsp3) is 0.333. The smallest absolute Gasteiger partial charge is 0.235 e. The van der Waals surface area contributed by atoms with E-state index in [1.165, 1.54) is 6.20 Å². The zero-order chi connectivity index (χ0) is 11.3. The second-order valence-electron chi connectivity index (χ2n) is 2.96. The quantitative estimate of drug-likeness (QED) is 0.737. The number of carbonyl (C=O) groups is 1. The summed E-state index contributed by atoms with van der Waals surface area (Å²) in [6, 6.07) is 3.33. The molecule has 0 aliphatic heterocycles. The van der Waals surface area contributed by atoms with Crippen molar-refractivity contribution in [3.8, 4) is 0 Å². The number of amides is 1. The SMILES string of the molecule is CCC(C(=O)Nc1cccnn1)C(N)=S. The number of hydrogen-bond donors (Lipinski definition) is 2. The van der Waals surface area contributed by atoms with Crippen LogP contribution >= 0.6 is 12.2 Å². The van der Waals surface area contributed by atoms with Crippen LogP contribution in [0.5, 0.6) is 0 Å². The molecule has 1 unspecified atom stereocenters. The van der Waals surface area contributed by atoms with Crippen LogP contribution in [-0.4, -0.2) is 21.1 Å². The third-order valence-corrected chi connectivity index (χ3v) is 2.18. The van der Waals surface area contributed by atoms with E-state index in [1.54, 1.807) is 12.1 Å². The molecule has 0 aliphatic carbocycles. The first-order chi connectivity index (χ1) is 7.15. The Morgan fingerprint density at radius 3 is 2.93 bits per heavy atom. The van der Waals surface area contributed by atoms with Gasteiger partial charge in [0.1, 0.15) is 0 Å². The Kier molecular flexibility index (Phi) is 4.11. The molecule has 80 valence electrons. The monoisotopic (exact) mass is 224 g/mol. The molecule has 1 aromatic rings. The largest absolute Gasteiger partial charge is 0.393 e. The summed E-state index contributed by atoms with van der Waals surface area (Å²) < 4.78 is 0. The van der Waals surface area contributed by atoms with Crippen molar-refractivity contribution < 1.29 is 4.79 Å². The second-order valence-corrected chi connectivity index (χ2v) is 3.43. The molecule has 1 atom stereocenters. The highest BCUT2D eigenvalue weighted by Gasteiger charge is 2.19. The number of anilines is 1. The van der Waals surface area contributed by atoms with Gasteiger partial charge in [0.15, 0.2) is 5.82 Å².